The van der Waals surface area contributed by atoms with Crippen molar-refractivity contribution in [2.24, 2.45) is 0 Å². The molecule has 0 atom stereocenters. The van der Waals surface area contributed by atoms with Gasteiger partial charge in [0.2, 0.25) is 5.91 Å². The number of hydrogen-bond donors (Lipinski definition) is 1. The number of likely N-dealkylation sites (N-methyl/N-ethyl adjacent to an activating group) is 1. The molecular formula is C14H20N2O4. The summed E-state index contributed by atoms with van der Waals surface area (Å²) in [5.74, 6) is -0.559. The van der Waals surface area contributed by atoms with E-state index in [4.69, 9.17) is 9.47 Å². The molecule has 0 fully saturated rings. The van der Waals surface area contributed by atoms with E-state index in [-0.39, 0.29) is 12.5 Å². The zero-order valence-corrected chi connectivity index (χ0v) is 12.0. The van der Waals surface area contributed by atoms with Gasteiger partial charge in [0.15, 0.2) is 0 Å². The molecule has 1 aromatic carbocycles. The van der Waals surface area contributed by atoms with Gasteiger partial charge in [-0.1, -0.05) is 12.1 Å². The molecule has 110 valence electrons. The molecule has 0 aliphatic rings. The van der Waals surface area contributed by atoms with Crippen molar-refractivity contribution < 1.29 is 19.1 Å². The first kappa shape index (κ1) is 16.0. The summed E-state index contributed by atoms with van der Waals surface area (Å²) in [4.78, 5) is 25.1. The molecule has 0 aromatic heterocycles. The highest BCUT2D eigenvalue weighted by Crippen LogP contribution is 2.19. The highest BCUT2D eigenvalue weighted by atomic mass is 16.5. The zero-order chi connectivity index (χ0) is 15.0. The van der Waals surface area contributed by atoms with Crippen molar-refractivity contribution in [3.05, 3.63) is 29.8 Å². The number of carbonyl (C=O) groups is 2. The summed E-state index contributed by atoms with van der Waals surface area (Å²) in [6, 6.07) is 7.00. The van der Waals surface area contributed by atoms with Crippen molar-refractivity contribution in [3.63, 3.8) is 0 Å². The Balaban J connectivity index is 2.70. The van der Waals surface area contributed by atoms with Gasteiger partial charge in [0.25, 0.3) is 0 Å². The number of nitrogens with one attached hydrogen (secondary N) is 1. The van der Waals surface area contributed by atoms with Crippen LogP contribution in [0.15, 0.2) is 24.3 Å². The highest BCUT2D eigenvalue weighted by molar-refractivity contribution is 5.96. The second-order valence-corrected chi connectivity index (χ2v) is 4.21. The average Bonchev–Trinajstić information content (AvgIpc) is 2.46. The summed E-state index contributed by atoms with van der Waals surface area (Å²) in [6.45, 7) is 1.08. The highest BCUT2D eigenvalue weighted by Gasteiger charge is 2.15. The van der Waals surface area contributed by atoms with Crippen LogP contribution >= 0.6 is 0 Å². The molecule has 0 heterocycles. The number of benzene rings is 1. The smallest absolute Gasteiger partial charge is 0.339 e. The number of nitrogens with zero attached hydrogens (tertiary/aromatic N) is 1. The summed E-state index contributed by atoms with van der Waals surface area (Å²) in [6.07, 6.45) is 0. The molecule has 6 heteroatoms. The van der Waals surface area contributed by atoms with Gasteiger partial charge in [-0.3, -0.25) is 4.79 Å². The van der Waals surface area contributed by atoms with Gasteiger partial charge in [-0.2, -0.15) is 0 Å². The number of amides is 1. The third kappa shape index (κ3) is 4.55. The number of carbonyl (C=O) groups excluding carboxylic acids is 2. The lowest BCUT2D eigenvalue weighted by molar-refractivity contribution is -0.119. The molecule has 0 spiro atoms. The van der Waals surface area contributed by atoms with Crippen LogP contribution in [0.1, 0.15) is 10.4 Å². The normalized spacial score (nSPS) is 9.95. The summed E-state index contributed by atoms with van der Waals surface area (Å²) in [5.41, 5.74) is 1.09. The second kappa shape index (κ2) is 8.16. The Kier molecular flexibility index (Phi) is 6.52. The minimum atomic E-state index is -0.424. The van der Waals surface area contributed by atoms with Crippen LogP contribution in [0.4, 0.5) is 5.69 Å². The number of methoxy groups -OCH3 is 2. The monoisotopic (exact) mass is 280 g/mol. The topological polar surface area (TPSA) is 67.9 Å². The van der Waals surface area contributed by atoms with E-state index < -0.39 is 5.97 Å². The fourth-order valence-electron chi connectivity index (χ4n) is 1.74. The molecule has 1 N–H and O–H groups in total. The third-order valence-corrected chi connectivity index (χ3v) is 2.73. The van der Waals surface area contributed by atoms with E-state index in [0.29, 0.717) is 24.4 Å². The predicted octanol–water partition coefficient (Wildman–Crippen LogP) is 0.672. The van der Waals surface area contributed by atoms with Crippen LogP contribution in [0, 0.1) is 0 Å². The molecule has 0 saturated heterocycles. The van der Waals surface area contributed by atoms with Crippen molar-refractivity contribution >= 4 is 17.6 Å². The van der Waals surface area contributed by atoms with E-state index in [9.17, 15) is 9.59 Å². The molecule has 0 unspecified atom stereocenters. The van der Waals surface area contributed by atoms with E-state index in [0.717, 1.165) is 0 Å². The van der Waals surface area contributed by atoms with Gasteiger partial charge < -0.3 is 19.7 Å². The third-order valence-electron chi connectivity index (χ3n) is 2.73. The molecule has 1 rings (SSSR count). The standard InChI is InChI=1S/C14H20N2O4/c1-16(10-13(17)15-8-9-19-2)12-7-5-4-6-11(12)14(18)20-3/h4-7H,8-10H2,1-3H3,(H,15,17). The summed E-state index contributed by atoms with van der Waals surface area (Å²) >= 11 is 0. The van der Waals surface area contributed by atoms with Gasteiger partial charge >= 0.3 is 5.97 Å². The van der Waals surface area contributed by atoms with Crippen LogP contribution in [0.3, 0.4) is 0 Å². The largest absolute Gasteiger partial charge is 0.465 e. The van der Waals surface area contributed by atoms with Crippen LogP contribution < -0.4 is 10.2 Å². The Bertz CT molecular complexity index is 462. The lowest BCUT2D eigenvalue weighted by atomic mass is 10.1. The maximum absolute atomic E-state index is 11.7. The molecule has 6 nitrogen and oxygen atoms in total. The predicted molar refractivity (Wildman–Crippen MR) is 75.9 cm³/mol. The first-order chi connectivity index (χ1) is 9.60. The van der Waals surface area contributed by atoms with Gasteiger partial charge in [0, 0.05) is 20.7 Å². The summed E-state index contributed by atoms with van der Waals surface area (Å²) in [5, 5.41) is 2.73. The maximum atomic E-state index is 11.7. The number of hydrogen-bond acceptors (Lipinski definition) is 5. The van der Waals surface area contributed by atoms with Crippen LogP contribution in [0.2, 0.25) is 0 Å². The van der Waals surface area contributed by atoms with Gasteiger partial charge in [-0.05, 0) is 12.1 Å². The molecule has 0 aliphatic heterocycles. The zero-order valence-electron chi connectivity index (χ0n) is 12.0. The molecular weight excluding hydrogens is 260 g/mol. The van der Waals surface area contributed by atoms with Gasteiger partial charge in [0.05, 0.1) is 31.5 Å². The SMILES string of the molecule is COCCNC(=O)CN(C)c1ccccc1C(=O)OC. The Hall–Kier alpha value is -2.08. The van der Waals surface area contributed by atoms with Crippen molar-refractivity contribution in [1.82, 2.24) is 5.32 Å². The average molecular weight is 280 g/mol. The maximum Gasteiger partial charge on any atom is 0.339 e. The number of ether oxygens (including phenoxy) is 2. The molecule has 20 heavy (non-hydrogen) atoms. The van der Waals surface area contributed by atoms with Crippen LogP contribution in [0.25, 0.3) is 0 Å². The first-order valence-corrected chi connectivity index (χ1v) is 6.24. The number of esters is 1. The molecule has 1 amide bonds. The van der Waals surface area contributed by atoms with E-state index in [2.05, 4.69) is 5.32 Å². The van der Waals surface area contributed by atoms with Crippen LogP contribution in [-0.4, -0.2) is 52.8 Å². The number of rotatable bonds is 7. The molecule has 0 bridgehead atoms. The summed E-state index contributed by atoms with van der Waals surface area (Å²) in [7, 11) is 4.65. The minimum absolute atomic E-state index is 0.135. The molecule has 0 radical (unpaired) electrons. The second-order valence-electron chi connectivity index (χ2n) is 4.21. The van der Waals surface area contributed by atoms with Gasteiger partial charge in [0.1, 0.15) is 0 Å². The van der Waals surface area contributed by atoms with E-state index in [1.54, 1.807) is 43.3 Å². The van der Waals surface area contributed by atoms with Gasteiger partial charge in [-0.15, -0.1) is 0 Å². The lowest BCUT2D eigenvalue weighted by Crippen LogP contribution is -2.37. The molecule has 0 saturated carbocycles. The van der Waals surface area contributed by atoms with E-state index >= 15 is 0 Å². The fourth-order valence-corrected chi connectivity index (χ4v) is 1.74. The van der Waals surface area contributed by atoms with Crippen LogP contribution in [0.5, 0.6) is 0 Å². The van der Waals surface area contributed by atoms with Crippen LogP contribution in [-0.2, 0) is 14.3 Å². The van der Waals surface area contributed by atoms with Crippen molar-refractivity contribution in [2.45, 2.75) is 0 Å². The number of para-hydroxylation sites is 1. The van der Waals surface area contributed by atoms with Crippen molar-refractivity contribution in [2.75, 3.05) is 45.9 Å². The molecule has 1 aromatic rings. The van der Waals surface area contributed by atoms with Crippen molar-refractivity contribution in [3.8, 4) is 0 Å². The van der Waals surface area contributed by atoms with E-state index in [1.807, 2.05) is 0 Å². The number of anilines is 1. The Labute approximate surface area is 118 Å². The lowest BCUT2D eigenvalue weighted by Gasteiger charge is -2.21. The quantitative estimate of drug-likeness (QED) is 0.587. The van der Waals surface area contributed by atoms with E-state index in [1.165, 1.54) is 7.11 Å². The van der Waals surface area contributed by atoms with Crippen molar-refractivity contribution in [1.29, 1.82) is 0 Å². The first-order valence-electron chi connectivity index (χ1n) is 6.24. The Morgan fingerprint density at radius 1 is 1.25 bits per heavy atom. The Morgan fingerprint density at radius 3 is 2.60 bits per heavy atom. The minimum Gasteiger partial charge on any atom is -0.465 e. The summed E-state index contributed by atoms with van der Waals surface area (Å²) < 4.78 is 9.59. The Morgan fingerprint density at radius 2 is 1.95 bits per heavy atom. The van der Waals surface area contributed by atoms with Gasteiger partial charge in [-0.25, -0.2) is 4.79 Å². The fraction of sp³-hybridized carbons (Fsp3) is 0.429. The molecule has 0 aliphatic carbocycles.